The molecule has 3 aromatic rings. The average Bonchev–Trinajstić information content (AvgIpc) is 3.25. The molecule has 0 radical (unpaired) electrons. The number of ether oxygens (including phenoxy) is 2. The Bertz CT molecular complexity index is 930. The predicted octanol–water partition coefficient (Wildman–Crippen LogP) is 4.47. The molecule has 4 nitrogen and oxygen atoms in total. The van der Waals surface area contributed by atoms with Crippen LogP contribution in [0.25, 0.3) is 0 Å². The third kappa shape index (κ3) is 4.27. The van der Waals surface area contributed by atoms with E-state index in [1.54, 1.807) is 0 Å². The summed E-state index contributed by atoms with van der Waals surface area (Å²) in [6.07, 6.45) is 1.09. The molecular formula is C25H25NO3. The Morgan fingerprint density at radius 3 is 2.17 bits per heavy atom. The number of rotatable bonds is 7. The third-order valence-electron chi connectivity index (χ3n) is 5.54. The van der Waals surface area contributed by atoms with Crippen molar-refractivity contribution in [1.82, 2.24) is 5.32 Å². The Morgan fingerprint density at radius 1 is 0.897 bits per heavy atom. The van der Waals surface area contributed by atoms with Gasteiger partial charge in [-0.3, -0.25) is 4.79 Å². The van der Waals surface area contributed by atoms with Crippen LogP contribution in [0.15, 0.2) is 78.9 Å². The van der Waals surface area contributed by atoms with Gasteiger partial charge in [-0.15, -0.1) is 0 Å². The van der Waals surface area contributed by atoms with Crippen molar-refractivity contribution < 1.29 is 14.3 Å². The fourth-order valence-corrected chi connectivity index (χ4v) is 3.70. The van der Waals surface area contributed by atoms with Crippen LogP contribution < -0.4 is 14.8 Å². The molecule has 1 heterocycles. The van der Waals surface area contributed by atoms with E-state index in [-0.39, 0.29) is 18.1 Å². The van der Waals surface area contributed by atoms with Crippen LogP contribution in [0.4, 0.5) is 0 Å². The van der Waals surface area contributed by atoms with Crippen molar-refractivity contribution in [3.8, 4) is 11.5 Å². The number of benzene rings is 3. The predicted molar refractivity (Wildman–Crippen MR) is 113 cm³/mol. The summed E-state index contributed by atoms with van der Waals surface area (Å²) >= 11 is 0. The number of hydrogen-bond donors (Lipinski definition) is 1. The van der Waals surface area contributed by atoms with E-state index in [0.717, 1.165) is 17.1 Å². The van der Waals surface area contributed by atoms with Crippen LogP contribution in [-0.4, -0.2) is 19.2 Å². The summed E-state index contributed by atoms with van der Waals surface area (Å²) in [7, 11) is 0. The lowest BCUT2D eigenvalue weighted by atomic mass is 9.76. The van der Waals surface area contributed by atoms with Gasteiger partial charge in [0.25, 0.3) is 0 Å². The van der Waals surface area contributed by atoms with Gasteiger partial charge >= 0.3 is 0 Å². The smallest absolute Gasteiger partial charge is 0.231 e. The standard InChI is InChI=1S/C25H25NO3/c1-25(20-8-4-2-5-9-20,21-10-6-3-7-11-21)17-26-24(27)15-13-19-12-14-22-23(16-19)29-18-28-22/h2-12,14,16H,13,15,17-18H2,1H3,(H,26,27). The molecule has 0 bridgehead atoms. The van der Waals surface area contributed by atoms with Gasteiger partial charge in [-0.2, -0.15) is 0 Å². The first-order chi connectivity index (χ1) is 14.1. The molecule has 29 heavy (non-hydrogen) atoms. The molecule has 0 unspecified atom stereocenters. The molecular weight excluding hydrogens is 362 g/mol. The molecule has 0 aliphatic carbocycles. The zero-order chi connectivity index (χ0) is 20.1. The topological polar surface area (TPSA) is 47.6 Å². The van der Waals surface area contributed by atoms with E-state index in [1.165, 1.54) is 11.1 Å². The molecule has 1 aliphatic heterocycles. The highest BCUT2D eigenvalue weighted by molar-refractivity contribution is 5.76. The molecule has 148 valence electrons. The molecule has 0 atom stereocenters. The lowest BCUT2D eigenvalue weighted by molar-refractivity contribution is -0.121. The number of hydrogen-bond acceptors (Lipinski definition) is 3. The molecule has 0 fully saturated rings. The highest BCUT2D eigenvalue weighted by atomic mass is 16.7. The molecule has 1 N–H and O–H groups in total. The van der Waals surface area contributed by atoms with E-state index in [4.69, 9.17) is 9.47 Å². The molecule has 3 aromatic carbocycles. The van der Waals surface area contributed by atoms with Crippen LogP contribution in [0.5, 0.6) is 11.5 Å². The number of carbonyl (C=O) groups is 1. The first-order valence-corrected chi connectivity index (χ1v) is 9.91. The maximum atomic E-state index is 12.6. The number of amides is 1. The summed E-state index contributed by atoms with van der Waals surface area (Å²) in [5.74, 6) is 1.56. The monoisotopic (exact) mass is 387 g/mol. The minimum absolute atomic E-state index is 0.0424. The number of carbonyl (C=O) groups excluding carboxylic acids is 1. The van der Waals surface area contributed by atoms with Gasteiger partial charge in [0.2, 0.25) is 12.7 Å². The fraction of sp³-hybridized carbons (Fsp3) is 0.240. The van der Waals surface area contributed by atoms with Crippen molar-refractivity contribution in [2.45, 2.75) is 25.2 Å². The normalized spacial score (nSPS) is 12.6. The van der Waals surface area contributed by atoms with Gasteiger partial charge in [0, 0.05) is 18.4 Å². The minimum Gasteiger partial charge on any atom is -0.454 e. The van der Waals surface area contributed by atoms with E-state index in [9.17, 15) is 4.79 Å². The summed E-state index contributed by atoms with van der Waals surface area (Å²) in [5.41, 5.74) is 3.14. The molecule has 1 aliphatic rings. The van der Waals surface area contributed by atoms with Crippen LogP contribution in [0.3, 0.4) is 0 Å². The summed E-state index contributed by atoms with van der Waals surface area (Å²) in [6, 6.07) is 26.5. The van der Waals surface area contributed by atoms with Crippen LogP contribution in [0.1, 0.15) is 30.0 Å². The van der Waals surface area contributed by atoms with Gasteiger partial charge in [0.1, 0.15) is 0 Å². The van der Waals surface area contributed by atoms with E-state index in [0.29, 0.717) is 19.4 Å². The second kappa shape index (κ2) is 8.39. The van der Waals surface area contributed by atoms with Crippen molar-refractivity contribution in [2.75, 3.05) is 13.3 Å². The van der Waals surface area contributed by atoms with Crippen molar-refractivity contribution in [3.05, 3.63) is 95.6 Å². The van der Waals surface area contributed by atoms with E-state index >= 15 is 0 Å². The van der Waals surface area contributed by atoms with Crippen molar-refractivity contribution in [3.63, 3.8) is 0 Å². The lowest BCUT2D eigenvalue weighted by Crippen LogP contribution is -2.39. The quantitative estimate of drug-likeness (QED) is 0.651. The first-order valence-electron chi connectivity index (χ1n) is 9.91. The Labute approximate surface area is 171 Å². The van der Waals surface area contributed by atoms with Crippen LogP contribution in [0.2, 0.25) is 0 Å². The van der Waals surface area contributed by atoms with Gasteiger partial charge < -0.3 is 14.8 Å². The first kappa shape index (κ1) is 19.1. The van der Waals surface area contributed by atoms with Crippen LogP contribution >= 0.6 is 0 Å². The van der Waals surface area contributed by atoms with E-state index < -0.39 is 0 Å². The van der Waals surface area contributed by atoms with Gasteiger partial charge in [-0.05, 0) is 42.2 Å². The maximum Gasteiger partial charge on any atom is 0.231 e. The Kier molecular flexibility index (Phi) is 5.52. The van der Waals surface area contributed by atoms with E-state index in [1.807, 2.05) is 54.6 Å². The van der Waals surface area contributed by atoms with Gasteiger partial charge in [-0.25, -0.2) is 0 Å². The van der Waals surface area contributed by atoms with Gasteiger partial charge in [0.05, 0.1) is 0 Å². The summed E-state index contributed by atoms with van der Waals surface area (Å²) < 4.78 is 10.8. The third-order valence-corrected chi connectivity index (χ3v) is 5.54. The zero-order valence-corrected chi connectivity index (χ0v) is 16.6. The zero-order valence-electron chi connectivity index (χ0n) is 16.6. The highest BCUT2D eigenvalue weighted by Crippen LogP contribution is 2.33. The number of fused-ring (bicyclic) bond motifs is 1. The van der Waals surface area contributed by atoms with Gasteiger partial charge in [-0.1, -0.05) is 66.7 Å². The van der Waals surface area contributed by atoms with Gasteiger partial charge in [0.15, 0.2) is 11.5 Å². The largest absolute Gasteiger partial charge is 0.454 e. The Morgan fingerprint density at radius 2 is 1.52 bits per heavy atom. The lowest BCUT2D eigenvalue weighted by Gasteiger charge is -2.31. The second-order valence-corrected chi connectivity index (χ2v) is 7.53. The van der Waals surface area contributed by atoms with Crippen molar-refractivity contribution >= 4 is 5.91 Å². The maximum absolute atomic E-state index is 12.6. The summed E-state index contributed by atoms with van der Waals surface area (Å²) in [6.45, 7) is 2.98. The summed E-state index contributed by atoms with van der Waals surface area (Å²) in [5, 5.41) is 3.15. The molecule has 0 saturated carbocycles. The second-order valence-electron chi connectivity index (χ2n) is 7.53. The highest BCUT2D eigenvalue weighted by Gasteiger charge is 2.29. The van der Waals surface area contributed by atoms with Crippen molar-refractivity contribution in [2.24, 2.45) is 0 Å². The number of nitrogens with one attached hydrogen (secondary N) is 1. The average molecular weight is 387 g/mol. The Hall–Kier alpha value is -3.27. The molecule has 4 rings (SSSR count). The van der Waals surface area contributed by atoms with Crippen molar-refractivity contribution in [1.29, 1.82) is 0 Å². The minimum atomic E-state index is -0.295. The Balaban J connectivity index is 1.41. The number of aryl methyl sites for hydroxylation is 1. The molecule has 0 aromatic heterocycles. The SMILES string of the molecule is CC(CNC(=O)CCc1ccc2c(c1)OCO2)(c1ccccc1)c1ccccc1. The molecule has 0 spiro atoms. The fourth-order valence-electron chi connectivity index (χ4n) is 3.70. The molecule has 1 amide bonds. The summed E-state index contributed by atoms with van der Waals surface area (Å²) in [4.78, 5) is 12.6. The van der Waals surface area contributed by atoms with E-state index in [2.05, 4.69) is 36.5 Å². The molecule has 4 heteroatoms. The van der Waals surface area contributed by atoms with Crippen LogP contribution in [0, 0.1) is 0 Å². The molecule has 0 saturated heterocycles. The van der Waals surface area contributed by atoms with Crippen LogP contribution in [-0.2, 0) is 16.6 Å².